The summed E-state index contributed by atoms with van der Waals surface area (Å²) in [5.74, 6) is 0.383. The van der Waals surface area contributed by atoms with Crippen LogP contribution in [0.25, 0.3) is 10.9 Å². The van der Waals surface area contributed by atoms with E-state index in [1.165, 1.54) is 0 Å². The molecule has 0 fully saturated rings. The number of rotatable bonds is 4. The maximum atomic E-state index is 11.9. The topological polar surface area (TPSA) is 56.1 Å². The zero-order chi connectivity index (χ0) is 15.7. The Bertz CT molecular complexity index is 841. The number of carbonyl (C=O) groups excluding carboxylic acids is 1. The third-order valence-electron chi connectivity index (χ3n) is 3.27. The van der Waals surface area contributed by atoms with Crippen molar-refractivity contribution in [1.82, 2.24) is 8.94 Å². The van der Waals surface area contributed by atoms with Crippen molar-refractivity contribution in [3.05, 3.63) is 41.2 Å². The number of amides is 1. The predicted octanol–water partition coefficient (Wildman–Crippen LogP) is 3.61. The molecule has 0 atom stereocenters. The zero-order valence-corrected chi connectivity index (χ0v) is 13.7. The van der Waals surface area contributed by atoms with Gasteiger partial charge < -0.3 is 14.6 Å². The molecule has 2 heterocycles. The molecule has 0 bridgehead atoms. The summed E-state index contributed by atoms with van der Waals surface area (Å²) in [6.07, 6.45) is 1.98. The number of aromatic nitrogens is 2. The van der Waals surface area contributed by atoms with Crippen LogP contribution in [0.15, 0.2) is 30.5 Å². The Morgan fingerprint density at radius 3 is 3.00 bits per heavy atom. The number of fused-ring (bicyclic) bond motifs is 1. The van der Waals surface area contributed by atoms with Gasteiger partial charge in [0.15, 0.2) is 6.61 Å². The Morgan fingerprint density at radius 2 is 2.27 bits per heavy atom. The fraction of sp³-hybridized carbons (Fsp3) is 0.200. The van der Waals surface area contributed by atoms with E-state index in [-0.39, 0.29) is 12.5 Å². The number of ether oxygens (including phenoxy) is 1. The number of hydrogen-bond donors (Lipinski definition) is 1. The minimum atomic E-state index is -0.266. The highest BCUT2D eigenvalue weighted by molar-refractivity contribution is 7.11. The Labute approximate surface area is 136 Å². The first-order chi connectivity index (χ1) is 10.5. The van der Waals surface area contributed by atoms with E-state index in [9.17, 15) is 4.79 Å². The number of carbonyl (C=O) groups is 1. The predicted molar refractivity (Wildman–Crippen MR) is 88.9 cm³/mol. The van der Waals surface area contributed by atoms with Gasteiger partial charge in [-0.3, -0.25) is 4.79 Å². The lowest BCUT2D eigenvalue weighted by Gasteiger charge is -2.07. The smallest absolute Gasteiger partial charge is 0.262 e. The monoisotopic (exact) mass is 335 g/mol. The molecule has 0 radical (unpaired) electrons. The van der Waals surface area contributed by atoms with Gasteiger partial charge in [-0.2, -0.15) is 4.37 Å². The molecule has 0 aliphatic heterocycles. The highest BCUT2D eigenvalue weighted by atomic mass is 35.5. The number of hydrogen-bond acceptors (Lipinski definition) is 4. The summed E-state index contributed by atoms with van der Waals surface area (Å²) in [6, 6.07) is 7.75. The Hall–Kier alpha value is -2.05. The van der Waals surface area contributed by atoms with Gasteiger partial charge in [0.25, 0.3) is 5.91 Å². The molecule has 7 heteroatoms. The van der Waals surface area contributed by atoms with Crippen LogP contribution in [0.5, 0.6) is 5.75 Å². The highest BCUT2D eigenvalue weighted by Crippen LogP contribution is 2.29. The van der Waals surface area contributed by atoms with Crippen molar-refractivity contribution in [3.8, 4) is 5.75 Å². The van der Waals surface area contributed by atoms with E-state index in [2.05, 4.69) is 9.69 Å². The Morgan fingerprint density at radius 1 is 1.45 bits per heavy atom. The summed E-state index contributed by atoms with van der Waals surface area (Å²) in [5.41, 5.74) is 1.76. The molecule has 0 unspecified atom stereocenters. The second-order valence-electron chi connectivity index (χ2n) is 4.90. The molecular formula is C15H14ClN3O2S. The molecule has 0 spiro atoms. The number of anilines is 1. The van der Waals surface area contributed by atoms with Gasteiger partial charge in [-0.15, -0.1) is 0 Å². The quantitative estimate of drug-likeness (QED) is 0.792. The molecule has 22 heavy (non-hydrogen) atoms. The van der Waals surface area contributed by atoms with E-state index in [0.29, 0.717) is 21.5 Å². The van der Waals surface area contributed by atoms with Gasteiger partial charge in [-0.1, -0.05) is 11.6 Å². The maximum Gasteiger partial charge on any atom is 0.262 e. The number of nitrogens with zero attached hydrogens (tertiary/aromatic N) is 2. The molecule has 2 aromatic heterocycles. The highest BCUT2D eigenvalue weighted by Gasteiger charge is 2.12. The van der Waals surface area contributed by atoms with Crippen molar-refractivity contribution in [2.24, 2.45) is 7.05 Å². The van der Waals surface area contributed by atoms with Crippen molar-refractivity contribution in [3.63, 3.8) is 0 Å². The van der Waals surface area contributed by atoms with E-state index in [1.807, 2.05) is 42.1 Å². The van der Waals surface area contributed by atoms with Crippen LogP contribution in [-0.2, 0) is 11.8 Å². The number of aryl methyl sites for hydroxylation is 2. The number of nitrogens with one attached hydrogen (secondary N) is 1. The van der Waals surface area contributed by atoms with Crippen LogP contribution in [-0.4, -0.2) is 21.5 Å². The third kappa shape index (κ3) is 2.93. The van der Waals surface area contributed by atoms with Gasteiger partial charge >= 0.3 is 0 Å². The van der Waals surface area contributed by atoms with E-state index in [0.717, 1.165) is 22.4 Å². The van der Waals surface area contributed by atoms with Gasteiger partial charge in [0.05, 0.1) is 16.2 Å². The van der Waals surface area contributed by atoms with Gasteiger partial charge in [0.2, 0.25) is 0 Å². The van der Waals surface area contributed by atoms with Crippen molar-refractivity contribution in [1.29, 1.82) is 0 Å². The lowest BCUT2D eigenvalue weighted by Crippen LogP contribution is -2.19. The van der Waals surface area contributed by atoms with Gasteiger partial charge in [-0.25, -0.2) is 0 Å². The largest absolute Gasteiger partial charge is 0.484 e. The number of benzene rings is 1. The minimum Gasteiger partial charge on any atom is -0.484 e. The summed E-state index contributed by atoms with van der Waals surface area (Å²) in [5, 5.41) is 4.85. The van der Waals surface area contributed by atoms with E-state index >= 15 is 0 Å². The molecule has 114 valence electrons. The van der Waals surface area contributed by atoms with Gasteiger partial charge in [0, 0.05) is 19.3 Å². The second-order valence-corrected chi connectivity index (χ2v) is 6.05. The average Bonchev–Trinajstić information content (AvgIpc) is 3.03. The molecule has 1 amide bonds. The molecule has 0 saturated carbocycles. The first-order valence-electron chi connectivity index (χ1n) is 6.64. The number of halogens is 1. The van der Waals surface area contributed by atoms with Crippen molar-refractivity contribution in [2.45, 2.75) is 6.92 Å². The van der Waals surface area contributed by atoms with Crippen LogP contribution >= 0.6 is 23.1 Å². The Kier molecular flexibility index (Phi) is 4.04. The van der Waals surface area contributed by atoms with Crippen molar-refractivity contribution < 1.29 is 9.53 Å². The normalized spacial score (nSPS) is 10.9. The van der Waals surface area contributed by atoms with Gasteiger partial charge in [0.1, 0.15) is 10.8 Å². The standard InChI is InChI=1S/C15H14ClN3O2S/c1-9-14(16)15(22-18-9)17-13(20)8-21-11-4-3-10-5-6-19(2)12(10)7-11/h3-7H,8H2,1-2H3,(H,17,20). The summed E-state index contributed by atoms with van der Waals surface area (Å²) in [6.45, 7) is 1.71. The van der Waals surface area contributed by atoms with Crippen LogP contribution in [0.3, 0.4) is 0 Å². The first kappa shape index (κ1) is 14.9. The molecule has 5 nitrogen and oxygen atoms in total. The second kappa shape index (κ2) is 5.98. The molecular weight excluding hydrogens is 322 g/mol. The molecule has 0 aliphatic rings. The molecule has 1 aromatic carbocycles. The van der Waals surface area contributed by atoms with Crippen LogP contribution in [0.2, 0.25) is 5.02 Å². The van der Waals surface area contributed by atoms with Crippen LogP contribution in [0.4, 0.5) is 5.00 Å². The molecule has 0 saturated heterocycles. The molecule has 0 aliphatic carbocycles. The lowest BCUT2D eigenvalue weighted by molar-refractivity contribution is -0.118. The summed E-state index contributed by atoms with van der Waals surface area (Å²) in [7, 11) is 1.97. The van der Waals surface area contributed by atoms with Crippen LogP contribution < -0.4 is 10.1 Å². The molecule has 3 aromatic rings. The zero-order valence-electron chi connectivity index (χ0n) is 12.1. The Balaban J connectivity index is 1.64. The first-order valence-corrected chi connectivity index (χ1v) is 7.79. The molecule has 1 N–H and O–H groups in total. The van der Waals surface area contributed by atoms with Gasteiger partial charge in [-0.05, 0) is 42.0 Å². The minimum absolute atomic E-state index is 0.0802. The van der Waals surface area contributed by atoms with Crippen molar-refractivity contribution >= 4 is 44.9 Å². The molecule has 3 rings (SSSR count). The fourth-order valence-corrected chi connectivity index (χ4v) is 3.03. The lowest BCUT2D eigenvalue weighted by atomic mass is 10.2. The van der Waals surface area contributed by atoms with E-state index < -0.39 is 0 Å². The van der Waals surface area contributed by atoms with E-state index in [1.54, 1.807) is 6.92 Å². The third-order valence-corrected chi connectivity index (χ3v) is 4.70. The summed E-state index contributed by atoms with van der Waals surface area (Å²) in [4.78, 5) is 11.9. The summed E-state index contributed by atoms with van der Waals surface area (Å²) >= 11 is 7.19. The fourth-order valence-electron chi connectivity index (χ4n) is 2.08. The summed E-state index contributed by atoms with van der Waals surface area (Å²) < 4.78 is 11.6. The average molecular weight is 336 g/mol. The van der Waals surface area contributed by atoms with Crippen LogP contribution in [0, 0.1) is 6.92 Å². The maximum absolute atomic E-state index is 11.9. The SMILES string of the molecule is Cc1nsc(NC(=O)COc2ccc3ccn(C)c3c2)c1Cl. The van der Waals surface area contributed by atoms with Crippen molar-refractivity contribution in [2.75, 3.05) is 11.9 Å². The van der Waals surface area contributed by atoms with E-state index in [4.69, 9.17) is 16.3 Å². The van der Waals surface area contributed by atoms with Crippen LogP contribution in [0.1, 0.15) is 5.69 Å².